The van der Waals surface area contributed by atoms with Crippen molar-refractivity contribution >= 4 is 142 Å². The fourth-order valence-corrected chi connectivity index (χ4v) is 56.8. The van der Waals surface area contributed by atoms with Crippen molar-refractivity contribution in [2.75, 3.05) is 0 Å². The molecule has 0 aliphatic heterocycles. The molecule has 0 radical (unpaired) electrons. The van der Waals surface area contributed by atoms with Crippen molar-refractivity contribution in [2.45, 2.75) is 0 Å². The van der Waals surface area contributed by atoms with E-state index in [0.717, 1.165) is 0 Å². The summed E-state index contributed by atoms with van der Waals surface area (Å²) in [5.74, 6) is 0. The number of hydrogen-bond donors (Lipinski definition) is 0. The summed E-state index contributed by atoms with van der Waals surface area (Å²) in [4.78, 5) is 0. The van der Waals surface area contributed by atoms with Gasteiger partial charge in [0.15, 0.2) is 0 Å². The van der Waals surface area contributed by atoms with Gasteiger partial charge in [-0.3, -0.25) is 17.0 Å². The first kappa shape index (κ1) is 81.0. The molecule has 0 spiro atoms. The fraction of sp³-hybridized carbons (Fsp3) is 0. The van der Waals surface area contributed by atoms with Crippen LogP contribution in [-0.2, 0) is 17.4 Å². The Hall–Kier alpha value is -12.2. The normalized spacial score (nSPS) is 11.6. The van der Waals surface area contributed by atoms with Crippen molar-refractivity contribution < 1.29 is 17.4 Å². The van der Waals surface area contributed by atoms with E-state index in [1.807, 2.05) is 0 Å². The van der Waals surface area contributed by atoms with Gasteiger partial charge in [-0.05, 0) is 0 Å². The van der Waals surface area contributed by atoms with E-state index < -0.39 is 48.4 Å². The molecule has 7 heteroatoms. The standard InChI is InChI=1S/3C37H31Si2.Cr/c3*1-7-19-32(20-8-1)38(33-21-9-2-10-22-33,34-23-11-3-12-24-34)31-39(35-25-13-4-14-26-35,36-27-15-5-16-28-36)37-29-17-6-18-30-37;/h3*1-31H;/q3*-1;+6. The number of hydrogen-bond acceptors (Lipinski definition) is 0. The minimum atomic E-state index is -2.67. The van der Waals surface area contributed by atoms with Gasteiger partial charge >= 0.3 is 17.4 Å². The van der Waals surface area contributed by atoms with Crippen LogP contribution in [0.25, 0.3) is 0 Å². The maximum Gasteiger partial charge on any atom is 6.00 e. The van der Waals surface area contributed by atoms with Crippen molar-refractivity contribution in [2.24, 2.45) is 0 Å². The Morgan fingerprint density at radius 2 is 0.136 bits per heavy atom. The first-order chi connectivity index (χ1) is 58.0. The minimum absolute atomic E-state index is 0. The first-order valence-electron chi connectivity index (χ1n) is 40.6. The molecule has 0 aromatic heterocycles. The van der Waals surface area contributed by atoms with Gasteiger partial charge in [0.1, 0.15) is 0 Å². The third kappa shape index (κ3) is 16.5. The van der Waals surface area contributed by atoms with Gasteiger partial charge in [-0.2, -0.15) is 0 Å². The van der Waals surface area contributed by atoms with E-state index in [-0.39, 0.29) is 17.4 Å². The van der Waals surface area contributed by atoms with Crippen LogP contribution in [0.15, 0.2) is 546 Å². The summed E-state index contributed by atoms with van der Waals surface area (Å²) in [5.41, 5.74) is 8.62. The van der Waals surface area contributed by atoms with E-state index in [1.165, 1.54) is 93.4 Å². The Labute approximate surface area is 716 Å². The molecule has 564 valence electrons. The maximum atomic E-state index is 2.88. The zero-order valence-corrected chi connectivity index (χ0v) is 73.4. The molecule has 0 saturated carbocycles. The molecule has 0 nitrogen and oxygen atoms in total. The summed E-state index contributed by atoms with van der Waals surface area (Å²) in [6, 6.07) is 202. The van der Waals surface area contributed by atoms with Crippen LogP contribution < -0.4 is 93.4 Å². The Kier molecular flexibility index (Phi) is 26.6. The molecule has 18 aromatic carbocycles. The largest absolute Gasteiger partial charge is 6.00 e. The maximum absolute atomic E-state index is 2.88. The van der Waals surface area contributed by atoms with Gasteiger partial charge in [0.05, 0.1) is 0 Å². The van der Waals surface area contributed by atoms with Gasteiger partial charge in [0.2, 0.25) is 0 Å². The van der Waals surface area contributed by atoms with Gasteiger partial charge < -0.3 is 0 Å². The smallest absolute Gasteiger partial charge is 0.300 e. The van der Waals surface area contributed by atoms with E-state index in [0.29, 0.717) is 0 Å². The van der Waals surface area contributed by atoms with E-state index in [4.69, 9.17) is 0 Å². The molecule has 18 aromatic rings. The molecule has 0 heterocycles. The van der Waals surface area contributed by atoms with E-state index in [2.05, 4.69) is 563 Å². The summed E-state index contributed by atoms with van der Waals surface area (Å²) in [5, 5.41) is 25.3. The van der Waals surface area contributed by atoms with Crippen molar-refractivity contribution in [1.82, 2.24) is 0 Å². The van der Waals surface area contributed by atoms with E-state index in [9.17, 15) is 0 Å². The molecule has 118 heavy (non-hydrogen) atoms. The van der Waals surface area contributed by atoms with Crippen LogP contribution >= 0.6 is 0 Å². The van der Waals surface area contributed by atoms with Crippen LogP contribution in [0.5, 0.6) is 0 Å². The van der Waals surface area contributed by atoms with Crippen molar-refractivity contribution in [1.29, 1.82) is 0 Å². The van der Waals surface area contributed by atoms with Crippen LogP contribution in [-0.4, -0.2) is 48.4 Å². The molecule has 0 bridgehead atoms. The molecule has 0 aliphatic carbocycles. The Bertz CT molecular complexity index is 4410. The molecular formula is C111H93CrSi6+3. The van der Waals surface area contributed by atoms with Crippen LogP contribution in [0.2, 0.25) is 0 Å². The minimum Gasteiger partial charge on any atom is -0.300 e. The van der Waals surface area contributed by atoms with Crippen LogP contribution in [0.3, 0.4) is 0 Å². The summed E-state index contributed by atoms with van der Waals surface area (Å²) in [7, 11) is -16.0. The number of benzene rings is 18. The Balaban J connectivity index is 0.000000138. The second-order valence-corrected chi connectivity index (χ2v) is 53.4. The summed E-state index contributed by atoms with van der Waals surface area (Å²) in [6.45, 7) is 0. The molecule has 0 amide bonds. The molecule has 0 atom stereocenters. The zero-order valence-electron chi connectivity index (χ0n) is 66.1. The second-order valence-electron chi connectivity index (χ2n) is 29.9. The summed E-state index contributed by atoms with van der Waals surface area (Å²) in [6.07, 6.45) is 0. The van der Waals surface area contributed by atoms with Gasteiger partial charge in [-0.25, -0.2) is 0 Å². The van der Waals surface area contributed by atoms with Crippen LogP contribution in [0.1, 0.15) is 0 Å². The SMILES string of the molecule is [Cr+6].c1ccc([Si]([CH-][Si](c2ccccc2)(c2ccccc2)c2ccccc2)(c2ccccc2)c2ccccc2)cc1.c1ccc([Si]([CH-][Si](c2ccccc2)(c2ccccc2)c2ccccc2)(c2ccccc2)c2ccccc2)cc1.c1ccc([Si]([CH-][Si](c2ccccc2)(c2ccccc2)c2ccccc2)(c2ccccc2)c2ccccc2)cc1. The third-order valence-electron chi connectivity index (χ3n) is 23.4. The van der Waals surface area contributed by atoms with Crippen LogP contribution in [0.4, 0.5) is 0 Å². The third-order valence-corrected chi connectivity index (χ3v) is 56.2. The van der Waals surface area contributed by atoms with E-state index in [1.54, 1.807) is 0 Å². The number of rotatable bonds is 24. The molecule has 0 aliphatic rings. The molecule has 0 fully saturated rings. The van der Waals surface area contributed by atoms with Crippen molar-refractivity contribution in [3.63, 3.8) is 0 Å². The first-order valence-corrected chi connectivity index (χ1v) is 53.1. The molecule has 18 rings (SSSR count). The average molecular weight is 1650 g/mol. The van der Waals surface area contributed by atoms with Gasteiger partial charge in [0.25, 0.3) is 0 Å². The predicted octanol–water partition coefficient (Wildman–Crippen LogP) is 13.8. The fourth-order valence-electron chi connectivity index (χ4n) is 18.1. The summed E-state index contributed by atoms with van der Waals surface area (Å²) < 4.78 is 0. The van der Waals surface area contributed by atoms with Crippen molar-refractivity contribution in [3.8, 4) is 0 Å². The molecule has 0 N–H and O–H groups in total. The van der Waals surface area contributed by atoms with Crippen molar-refractivity contribution in [3.05, 3.63) is 563 Å². The van der Waals surface area contributed by atoms with E-state index >= 15 is 0 Å². The summed E-state index contributed by atoms with van der Waals surface area (Å²) >= 11 is 0. The van der Waals surface area contributed by atoms with Crippen LogP contribution in [0, 0.1) is 17.0 Å². The predicted molar refractivity (Wildman–Crippen MR) is 517 cm³/mol. The molecule has 0 unspecified atom stereocenters. The zero-order chi connectivity index (χ0) is 79.2. The monoisotopic (exact) mass is 1650 g/mol. The van der Waals surface area contributed by atoms with Gasteiger partial charge in [-0.15, -0.1) is 0 Å². The topological polar surface area (TPSA) is 0 Å². The Morgan fingerprint density at radius 3 is 0.186 bits per heavy atom. The van der Waals surface area contributed by atoms with Gasteiger partial charge in [-0.1, -0.05) is 639 Å². The average Bonchev–Trinajstić information content (AvgIpc) is 0.729. The second kappa shape index (κ2) is 38.7. The Morgan fingerprint density at radius 1 is 0.0847 bits per heavy atom. The molecular weight excluding hydrogens is 1550 g/mol. The van der Waals surface area contributed by atoms with Gasteiger partial charge in [0, 0.05) is 48.4 Å². The molecule has 0 saturated heterocycles. The quantitative estimate of drug-likeness (QED) is 0.0321.